The zero-order valence-electron chi connectivity index (χ0n) is 11.4. The van der Waals surface area contributed by atoms with Crippen molar-refractivity contribution in [2.45, 2.75) is 19.9 Å². The van der Waals surface area contributed by atoms with E-state index in [9.17, 15) is 9.90 Å². The summed E-state index contributed by atoms with van der Waals surface area (Å²) < 4.78 is 0. The molecule has 1 atom stereocenters. The second-order valence-corrected chi connectivity index (χ2v) is 4.81. The molecule has 0 bridgehead atoms. The van der Waals surface area contributed by atoms with Crippen molar-refractivity contribution in [3.63, 3.8) is 0 Å². The van der Waals surface area contributed by atoms with Gasteiger partial charge in [0.2, 0.25) is 0 Å². The molecular weight excluding hydrogens is 254 g/mol. The first-order valence-electron chi connectivity index (χ1n) is 6.37. The van der Waals surface area contributed by atoms with Gasteiger partial charge in [-0.15, -0.1) is 0 Å². The summed E-state index contributed by atoms with van der Waals surface area (Å²) in [5, 5.41) is 22.0. The topological polar surface area (TPSA) is 69.6 Å². The van der Waals surface area contributed by atoms with Gasteiger partial charge in [-0.2, -0.15) is 0 Å². The molecule has 0 amide bonds. The Hall–Kier alpha value is -2.49. The predicted octanol–water partition coefficient (Wildman–Crippen LogP) is 3.57. The van der Waals surface area contributed by atoms with Crippen molar-refractivity contribution in [3.05, 3.63) is 59.2 Å². The molecule has 0 radical (unpaired) electrons. The van der Waals surface area contributed by atoms with Gasteiger partial charge in [0.1, 0.15) is 5.75 Å². The summed E-state index contributed by atoms with van der Waals surface area (Å²) in [6.45, 7) is 3.91. The first-order valence-corrected chi connectivity index (χ1v) is 6.37. The van der Waals surface area contributed by atoms with Crippen molar-refractivity contribution in [3.8, 4) is 5.75 Å². The Morgan fingerprint density at radius 1 is 1.15 bits per heavy atom. The Kier molecular flexibility index (Phi) is 3.94. The maximum atomic E-state index is 10.8. The number of carboxylic acid groups (broad SMARTS) is 1. The third-order valence-electron chi connectivity index (χ3n) is 3.16. The number of rotatable bonds is 4. The average Bonchev–Trinajstić information content (AvgIpc) is 2.42. The maximum Gasteiger partial charge on any atom is 0.335 e. The lowest BCUT2D eigenvalue weighted by atomic mass is 10.0. The number of anilines is 1. The lowest BCUT2D eigenvalue weighted by molar-refractivity contribution is 0.0697. The molecule has 0 spiro atoms. The van der Waals surface area contributed by atoms with Crippen LogP contribution >= 0.6 is 0 Å². The molecule has 0 heterocycles. The van der Waals surface area contributed by atoms with E-state index in [0.29, 0.717) is 0 Å². The molecule has 20 heavy (non-hydrogen) atoms. The minimum absolute atomic E-state index is 0.0782. The molecule has 2 rings (SSSR count). The minimum atomic E-state index is -0.944. The zero-order valence-corrected chi connectivity index (χ0v) is 11.4. The SMILES string of the molecule is Cc1ccc(O)c(C(C)Nc2ccc(C(=O)O)cc2)c1. The van der Waals surface area contributed by atoms with Crippen LogP contribution in [0.2, 0.25) is 0 Å². The summed E-state index contributed by atoms with van der Waals surface area (Å²) in [5.41, 5.74) is 2.95. The summed E-state index contributed by atoms with van der Waals surface area (Å²) >= 11 is 0. The van der Waals surface area contributed by atoms with Gasteiger partial charge in [-0.1, -0.05) is 17.7 Å². The molecule has 2 aromatic carbocycles. The predicted molar refractivity (Wildman–Crippen MR) is 78.3 cm³/mol. The van der Waals surface area contributed by atoms with E-state index in [4.69, 9.17) is 5.11 Å². The number of benzene rings is 2. The standard InChI is InChI=1S/C16H17NO3/c1-10-3-8-15(18)14(9-10)11(2)17-13-6-4-12(5-7-13)16(19)20/h3-9,11,17-18H,1-2H3,(H,19,20). The molecule has 1 unspecified atom stereocenters. The number of hydrogen-bond acceptors (Lipinski definition) is 3. The molecular formula is C16H17NO3. The van der Waals surface area contributed by atoms with E-state index < -0.39 is 5.97 Å². The molecule has 0 aliphatic carbocycles. The fraction of sp³-hybridized carbons (Fsp3) is 0.188. The van der Waals surface area contributed by atoms with E-state index >= 15 is 0 Å². The summed E-state index contributed by atoms with van der Waals surface area (Å²) in [4.78, 5) is 10.8. The van der Waals surface area contributed by atoms with Crippen LogP contribution in [0.3, 0.4) is 0 Å². The van der Waals surface area contributed by atoms with Gasteiger partial charge in [0.05, 0.1) is 11.6 Å². The van der Waals surface area contributed by atoms with Crippen LogP contribution in [0.1, 0.15) is 34.5 Å². The first-order chi connectivity index (χ1) is 9.47. The van der Waals surface area contributed by atoms with E-state index in [1.807, 2.05) is 26.0 Å². The molecule has 4 heteroatoms. The van der Waals surface area contributed by atoms with Crippen molar-refractivity contribution in [2.75, 3.05) is 5.32 Å². The smallest absolute Gasteiger partial charge is 0.335 e. The van der Waals surface area contributed by atoms with Crippen LogP contribution < -0.4 is 5.32 Å². The maximum absolute atomic E-state index is 10.8. The second-order valence-electron chi connectivity index (χ2n) is 4.81. The van der Waals surface area contributed by atoms with E-state index in [0.717, 1.165) is 16.8 Å². The van der Waals surface area contributed by atoms with Gasteiger partial charge >= 0.3 is 5.97 Å². The zero-order chi connectivity index (χ0) is 14.7. The Morgan fingerprint density at radius 3 is 2.40 bits per heavy atom. The number of nitrogens with one attached hydrogen (secondary N) is 1. The summed E-state index contributed by atoms with van der Waals surface area (Å²) in [6.07, 6.45) is 0. The fourth-order valence-electron chi connectivity index (χ4n) is 2.06. The van der Waals surface area contributed by atoms with Crippen molar-refractivity contribution in [2.24, 2.45) is 0 Å². The Labute approximate surface area is 117 Å². The Morgan fingerprint density at radius 2 is 1.80 bits per heavy atom. The molecule has 0 saturated heterocycles. The molecule has 0 saturated carbocycles. The van der Waals surface area contributed by atoms with Crippen LogP contribution in [0.5, 0.6) is 5.75 Å². The second kappa shape index (κ2) is 5.65. The van der Waals surface area contributed by atoms with Crippen molar-refractivity contribution in [1.29, 1.82) is 0 Å². The van der Waals surface area contributed by atoms with Crippen molar-refractivity contribution >= 4 is 11.7 Å². The highest BCUT2D eigenvalue weighted by Gasteiger charge is 2.11. The molecule has 0 aliphatic heterocycles. The van der Waals surface area contributed by atoms with Gasteiger partial charge in [-0.3, -0.25) is 0 Å². The van der Waals surface area contributed by atoms with Crippen molar-refractivity contribution in [1.82, 2.24) is 0 Å². The van der Waals surface area contributed by atoms with E-state index in [1.54, 1.807) is 30.3 Å². The molecule has 0 aliphatic rings. The number of phenolic OH excluding ortho intramolecular Hbond substituents is 1. The lowest BCUT2D eigenvalue weighted by Crippen LogP contribution is -2.07. The summed E-state index contributed by atoms with van der Waals surface area (Å²) in [5.74, 6) is -0.696. The first kappa shape index (κ1) is 13.9. The van der Waals surface area contributed by atoms with Gasteiger partial charge in [0.25, 0.3) is 0 Å². The number of phenols is 1. The van der Waals surface area contributed by atoms with Crippen LogP contribution in [0.15, 0.2) is 42.5 Å². The van der Waals surface area contributed by atoms with E-state index in [2.05, 4.69) is 5.32 Å². The van der Waals surface area contributed by atoms with E-state index in [-0.39, 0.29) is 17.4 Å². The number of hydrogen-bond donors (Lipinski definition) is 3. The summed E-state index contributed by atoms with van der Waals surface area (Å²) in [7, 11) is 0. The molecule has 0 aromatic heterocycles. The fourth-order valence-corrected chi connectivity index (χ4v) is 2.06. The molecule has 104 valence electrons. The number of aromatic hydroxyl groups is 1. The lowest BCUT2D eigenvalue weighted by Gasteiger charge is -2.17. The molecule has 2 aromatic rings. The highest BCUT2D eigenvalue weighted by Crippen LogP contribution is 2.27. The number of carbonyl (C=O) groups is 1. The third kappa shape index (κ3) is 3.09. The summed E-state index contributed by atoms with van der Waals surface area (Å²) in [6, 6.07) is 11.9. The van der Waals surface area contributed by atoms with Gasteiger partial charge in [-0.25, -0.2) is 4.79 Å². The minimum Gasteiger partial charge on any atom is -0.508 e. The van der Waals surface area contributed by atoms with Gasteiger partial charge in [0.15, 0.2) is 0 Å². The van der Waals surface area contributed by atoms with Crippen LogP contribution in [-0.2, 0) is 0 Å². The van der Waals surface area contributed by atoms with Crippen molar-refractivity contribution < 1.29 is 15.0 Å². The highest BCUT2D eigenvalue weighted by molar-refractivity contribution is 5.88. The van der Waals surface area contributed by atoms with Crippen LogP contribution in [0.25, 0.3) is 0 Å². The van der Waals surface area contributed by atoms with Gasteiger partial charge in [0, 0.05) is 11.3 Å². The molecule has 0 fully saturated rings. The van der Waals surface area contributed by atoms with Crippen LogP contribution in [-0.4, -0.2) is 16.2 Å². The van der Waals surface area contributed by atoms with E-state index in [1.165, 1.54) is 0 Å². The Bertz CT molecular complexity index is 620. The highest BCUT2D eigenvalue weighted by atomic mass is 16.4. The van der Waals surface area contributed by atoms with Gasteiger partial charge < -0.3 is 15.5 Å². The average molecular weight is 271 g/mol. The largest absolute Gasteiger partial charge is 0.508 e. The van der Waals surface area contributed by atoms with Crippen LogP contribution in [0.4, 0.5) is 5.69 Å². The third-order valence-corrected chi connectivity index (χ3v) is 3.16. The molecule has 4 nitrogen and oxygen atoms in total. The number of aromatic carboxylic acids is 1. The Balaban J connectivity index is 2.16. The molecule has 3 N–H and O–H groups in total. The number of carboxylic acids is 1. The van der Waals surface area contributed by atoms with Crippen LogP contribution in [0, 0.1) is 6.92 Å². The number of aryl methyl sites for hydroxylation is 1. The quantitative estimate of drug-likeness (QED) is 0.795. The normalized spacial score (nSPS) is 11.9. The van der Waals surface area contributed by atoms with Gasteiger partial charge in [-0.05, 0) is 44.2 Å². The monoisotopic (exact) mass is 271 g/mol.